The molecule has 0 aliphatic heterocycles. The molecular formula is C11H19NOSi. The molecule has 0 aromatic heterocycles. The van der Waals surface area contributed by atoms with Gasteiger partial charge in [-0.15, -0.1) is 0 Å². The van der Waals surface area contributed by atoms with E-state index in [4.69, 9.17) is 4.43 Å². The maximum Gasteiger partial charge on any atom is 0.217 e. The second-order valence-electron chi connectivity index (χ2n) is 4.16. The van der Waals surface area contributed by atoms with Crippen molar-refractivity contribution in [2.24, 2.45) is 0 Å². The summed E-state index contributed by atoms with van der Waals surface area (Å²) in [6.45, 7) is 4.41. The lowest BCUT2D eigenvalue weighted by atomic mass is 10.3. The van der Waals surface area contributed by atoms with E-state index in [-0.39, 0.29) is 0 Å². The van der Waals surface area contributed by atoms with Gasteiger partial charge in [0.05, 0.1) is 0 Å². The Kier molecular flexibility index (Phi) is 3.34. The Morgan fingerprint density at radius 2 is 1.57 bits per heavy atom. The van der Waals surface area contributed by atoms with Gasteiger partial charge >= 0.3 is 0 Å². The van der Waals surface area contributed by atoms with Gasteiger partial charge in [-0.25, -0.2) is 0 Å². The van der Waals surface area contributed by atoms with Crippen LogP contribution in [0.1, 0.15) is 0 Å². The Balaban J connectivity index is 2.94. The van der Waals surface area contributed by atoms with E-state index in [2.05, 4.69) is 42.3 Å². The lowest BCUT2D eigenvalue weighted by molar-refractivity contribution is 0.416. The summed E-state index contributed by atoms with van der Waals surface area (Å²) in [4.78, 5) is 2.10. The van der Waals surface area contributed by atoms with E-state index in [1.807, 2.05) is 14.1 Å². The summed E-state index contributed by atoms with van der Waals surface area (Å²) in [5.41, 5.74) is 1.23. The van der Waals surface area contributed by atoms with Crippen molar-refractivity contribution in [3.63, 3.8) is 0 Å². The zero-order valence-electron chi connectivity index (χ0n) is 9.66. The maximum atomic E-state index is 5.55. The van der Waals surface area contributed by atoms with Crippen LogP contribution in [0.3, 0.4) is 0 Å². The smallest absolute Gasteiger partial charge is 0.217 e. The van der Waals surface area contributed by atoms with Crippen LogP contribution in [-0.2, 0) is 4.43 Å². The van der Waals surface area contributed by atoms with Gasteiger partial charge in [-0.2, -0.15) is 0 Å². The molecule has 0 bridgehead atoms. The molecule has 0 radical (unpaired) electrons. The van der Waals surface area contributed by atoms with Gasteiger partial charge in [0, 0.05) is 26.9 Å². The number of nitrogens with zero attached hydrogens (tertiary/aromatic N) is 1. The standard InChI is InChI=1S/C11H19NOSi/c1-12(2)10-6-8-11(9-7-10)14(4,5)13-3/h6-9H,1-5H3. The Labute approximate surface area is 87.6 Å². The van der Waals surface area contributed by atoms with E-state index >= 15 is 0 Å². The Morgan fingerprint density at radius 3 is 1.93 bits per heavy atom. The second-order valence-corrected chi connectivity index (χ2v) is 8.16. The summed E-state index contributed by atoms with van der Waals surface area (Å²) in [5.74, 6) is 0. The van der Waals surface area contributed by atoms with Crippen LogP contribution < -0.4 is 10.1 Å². The number of anilines is 1. The molecule has 2 nitrogen and oxygen atoms in total. The minimum absolute atomic E-state index is 1.23. The molecule has 0 fully saturated rings. The first-order chi connectivity index (χ1) is 6.47. The van der Waals surface area contributed by atoms with Crippen molar-refractivity contribution in [3.05, 3.63) is 24.3 Å². The molecule has 0 saturated carbocycles. The molecule has 14 heavy (non-hydrogen) atoms. The van der Waals surface area contributed by atoms with Crippen molar-refractivity contribution in [1.29, 1.82) is 0 Å². The van der Waals surface area contributed by atoms with E-state index in [0.717, 1.165) is 0 Å². The largest absolute Gasteiger partial charge is 0.416 e. The first-order valence-electron chi connectivity index (χ1n) is 4.80. The molecule has 0 amide bonds. The Morgan fingerprint density at radius 1 is 1.07 bits per heavy atom. The zero-order chi connectivity index (χ0) is 10.8. The molecule has 1 rings (SSSR count). The van der Waals surface area contributed by atoms with Crippen LogP contribution in [0.15, 0.2) is 24.3 Å². The van der Waals surface area contributed by atoms with Crippen molar-refractivity contribution < 1.29 is 4.43 Å². The fraction of sp³-hybridized carbons (Fsp3) is 0.455. The van der Waals surface area contributed by atoms with Crippen molar-refractivity contribution in [2.45, 2.75) is 13.1 Å². The molecule has 0 unspecified atom stereocenters. The van der Waals surface area contributed by atoms with Crippen LogP contribution in [0.5, 0.6) is 0 Å². The van der Waals surface area contributed by atoms with Crippen LogP contribution in [0.2, 0.25) is 13.1 Å². The summed E-state index contributed by atoms with van der Waals surface area (Å²) in [6.07, 6.45) is 0. The highest BCUT2D eigenvalue weighted by Crippen LogP contribution is 2.11. The predicted octanol–water partition coefficient (Wildman–Crippen LogP) is 1.81. The molecular weight excluding hydrogens is 190 g/mol. The van der Waals surface area contributed by atoms with Crippen LogP contribution >= 0.6 is 0 Å². The van der Waals surface area contributed by atoms with Crippen molar-refractivity contribution in [2.75, 3.05) is 26.1 Å². The van der Waals surface area contributed by atoms with Crippen LogP contribution in [0.25, 0.3) is 0 Å². The minimum atomic E-state index is -1.63. The number of hydrogen-bond donors (Lipinski definition) is 0. The molecule has 0 N–H and O–H groups in total. The van der Waals surface area contributed by atoms with E-state index in [0.29, 0.717) is 0 Å². The lowest BCUT2D eigenvalue weighted by Gasteiger charge is -2.21. The van der Waals surface area contributed by atoms with E-state index < -0.39 is 8.32 Å². The molecule has 0 atom stereocenters. The molecule has 0 aliphatic carbocycles. The summed E-state index contributed by atoms with van der Waals surface area (Å²) < 4.78 is 5.55. The van der Waals surface area contributed by atoms with Gasteiger partial charge in [-0.3, -0.25) is 0 Å². The van der Waals surface area contributed by atoms with Crippen molar-refractivity contribution in [3.8, 4) is 0 Å². The van der Waals surface area contributed by atoms with Gasteiger partial charge in [0.1, 0.15) is 0 Å². The fourth-order valence-electron chi connectivity index (χ4n) is 1.28. The molecule has 3 heteroatoms. The fourth-order valence-corrected chi connectivity index (χ4v) is 2.48. The van der Waals surface area contributed by atoms with Gasteiger partial charge in [-0.1, -0.05) is 12.1 Å². The average Bonchev–Trinajstić information content (AvgIpc) is 2.18. The zero-order valence-corrected chi connectivity index (χ0v) is 10.7. The number of benzene rings is 1. The van der Waals surface area contributed by atoms with Gasteiger partial charge in [-0.05, 0) is 30.4 Å². The van der Waals surface area contributed by atoms with E-state index in [1.54, 1.807) is 7.11 Å². The molecule has 0 saturated heterocycles. The molecule has 0 heterocycles. The van der Waals surface area contributed by atoms with Crippen molar-refractivity contribution in [1.82, 2.24) is 0 Å². The van der Waals surface area contributed by atoms with Crippen molar-refractivity contribution >= 4 is 19.2 Å². The van der Waals surface area contributed by atoms with Gasteiger partial charge in [0.25, 0.3) is 0 Å². The topological polar surface area (TPSA) is 12.5 Å². The Bertz CT molecular complexity index is 293. The first kappa shape index (κ1) is 11.3. The van der Waals surface area contributed by atoms with Gasteiger partial charge < -0.3 is 9.33 Å². The normalized spacial score (nSPS) is 11.5. The number of rotatable bonds is 3. The minimum Gasteiger partial charge on any atom is -0.416 e. The van der Waals surface area contributed by atoms with Gasteiger partial charge in [0.15, 0.2) is 0 Å². The maximum absolute atomic E-state index is 5.55. The van der Waals surface area contributed by atoms with E-state index in [1.165, 1.54) is 10.9 Å². The summed E-state index contributed by atoms with van der Waals surface area (Å²) >= 11 is 0. The monoisotopic (exact) mass is 209 g/mol. The quantitative estimate of drug-likeness (QED) is 0.704. The molecule has 0 spiro atoms. The average molecular weight is 209 g/mol. The van der Waals surface area contributed by atoms with E-state index in [9.17, 15) is 0 Å². The molecule has 0 aliphatic rings. The first-order valence-corrected chi connectivity index (χ1v) is 7.71. The second kappa shape index (κ2) is 4.15. The highest BCUT2D eigenvalue weighted by molar-refractivity contribution is 6.84. The highest BCUT2D eigenvalue weighted by atomic mass is 28.4. The summed E-state index contributed by atoms with van der Waals surface area (Å²) in [6, 6.07) is 8.63. The molecule has 78 valence electrons. The third kappa shape index (κ3) is 2.36. The van der Waals surface area contributed by atoms with Crippen LogP contribution in [-0.4, -0.2) is 29.5 Å². The summed E-state index contributed by atoms with van der Waals surface area (Å²) in [7, 11) is 4.27. The van der Waals surface area contributed by atoms with Crippen LogP contribution in [0, 0.1) is 0 Å². The van der Waals surface area contributed by atoms with Crippen LogP contribution in [0.4, 0.5) is 5.69 Å². The Hall–Kier alpha value is -0.803. The SMILES string of the molecule is CO[Si](C)(C)c1ccc(N(C)C)cc1. The molecule has 1 aromatic carbocycles. The van der Waals surface area contributed by atoms with Gasteiger partial charge in [0.2, 0.25) is 8.32 Å². The third-order valence-electron chi connectivity index (χ3n) is 2.59. The number of hydrogen-bond acceptors (Lipinski definition) is 2. The predicted molar refractivity (Wildman–Crippen MR) is 64.9 cm³/mol. The third-order valence-corrected chi connectivity index (χ3v) is 5.33. The lowest BCUT2D eigenvalue weighted by Crippen LogP contribution is -2.43. The highest BCUT2D eigenvalue weighted by Gasteiger charge is 2.23. The molecule has 1 aromatic rings. The summed E-state index contributed by atoms with van der Waals surface area (Å²) in [5, 5.41) is 1.34.